The topological polar surface area (TPSA) is 122 Å². The fourth-order valence-corrected chi connectivity index (χ4v) is 2.18. The Balaban J connectivity index is 1.94. The number of H-pyrrole nitrogens is 2. The molecule has 3 aromatic rings. The highest BCUT2D eigenvalue weighted by Gasteiger charge is 2.18. The van der Waals surface area contributed by atoms with Gasteiger partial charge in [0.1, 0.15) is 23.0 Å². The molecule has 2 aromatic heterocycles. The molecule has 2 N–H and O–H groups in total. The van der Waals surface area contributed by atoms with Gasteiger partial charge in [0.05, 0.1) is 4.92 Å². The monoisotopic (exact) mass is 343 g/mol. The standard InChI is InChI=1S/C16H10FN3O5/c17-10-3-1-9(2-4-10)13-8-6-11(25-13)5-7-12-14(20(23)24)15(21)19-16(22)18-12/h1-8H,(H2,18,19,21,22). The zero-order valence-electron chi connectivity index (χ0n) is 12.5. The van der Waals surface area contributed by atoms with Crippen LogP contribution in [0.5, 0.6) is 0 Å². The van der Waals surface area contributed by atoms with Gasteiger partial charge in [0.2, 0.25) is 0 Å². The third-order valence-electron chi connectivity index (χ3n) is 3.30. The molecule has 8 nitrogen and oxygen atoms in total. The van der Waals surface area contributed by atoms with Crippen LogP contribution in [0.4, 0.5) is 10.1 Å². The minimum Gasteiger partial charge on any atom is -0.457 e. The van der Waals surface area contributed by atoms with Crippen LogP contribution in [0.25, 0.3) is 23.5 Å². The Hall–Kier alpha value is -3.75. The molecule has 0 aliphatic carbocycles. The number of nitrogens with zero attached hydrogens (tertiary/aromatic N) is 1. The summed E-state index contributed by atoms with van der Waals surface area (Å²) in [7, 11) is 0. The number of nitro groups is 1. The number of hydrogen-bond acceptors (Lipinski definition) is 5. The minimum atomic E-state index is -1.10. The molecule has 0 unspecified atom stereocenters. The second kappa shape index (κ2) is 6.40. The maximum absolute atomic E-state index is 12.9. The van der Waals surface area contributed by atoms with E-state index in [4.69, 9.17) is 4.42 Å². The number of benzene rings is 1. The molecule has 0 aliphatic rings. The van der Waals surface area contributed by atoms with Crippen molar-refractivity contribution >= 4 is 17.8 Å². The zero-order chi connectivity index (χ0) is 18.0. The predicted octanol–water partition coefficient (Wildman–Crippen LogP) is 2.54. The van der Waals surface area contributed by atoms with E-state index in [1.165, 1.54) is 24.3 Å². The van der Waals surface area contributed by atoms with Crippen molar-refractivity contribution in [2.24, 2.45) is 0 Å². The molecule has 0 radical (unpaired) electrons. The van der Waals surface area contributed by atoms with Crippen molar-refractivity contribution < 1.29 is 13.7 Å². The summed E-state index contributed by atoms with van der Waals surface area (Å²) in [5, 5.41) is 11.0. The van der Waals surface area contributed by atoms with Gasteiger partial charge in [0.15, 0.2) is 0 Å². The molecule has 3 rings (SSSR count). The van der Waals surface area contributed by atoms with E-state index in [1.807, 2.05) is 0 Å². The van der Waals surface area contributed by atoms with E-state index in [0.29, 0.717) is 17.1 Å². The molecule has 0 amide bonds. The Morgan fingerprint density at radius 1 is 1.04 bits per heavy atom. The van der Waals surface area contributed by atoms with Crippen molar-refractivity contribution in [1.82, 2.24) is 9.97 Å². The van der Waals surface area contributed by atoms with Crippen molar-refractivity contribution in [3.8, 4) is 11.3 Å². The minimum absolute atomic E-state index is 0.251. The average Bonchev–Trinajstić information content (AvgIpc) is 3.01. The molecular weight excluding hydrogens is 333 g/mol. The van der Waals surface area contributed by atoms with Crippen LogP contribution in [-0.4, -0.2) is 14.9 Å². The van der Waals surface area contributed by atoms with Gasteiger partial charge in [-0.15, -0.1) is 0 Å². The summed E-state index contributed by atoms with van der Waals surface area (Å²) in [5.41, 5.74) is -2.34. The van der Waals surface area contributed by atoms with Gasteiger partial charge in [-0.05, 0) is 48.6 Å². The molecule has 0 saturated heterocycles. The van der Waals surface area contributed by atoms with E-state index < -0.39 is 21.9 Å². The lowest BCUT2D eigenvalue weighted by Gasteiger charge is -1.96. The van der Waals surface area contributed by atoms with Crippen LogP contribution in [0.2, 0.25) is 0 Å². The first-order valence-electron chi connectivity index (χ1n) is 6.99. The molecule has 9 heteroatoms. The van der Waals surface area contributed by atoms with Crippen LogP contribution in [-0.2, 0) is 0 Å². The average molecular weight is 343 g/mol. The Morgan fingerprint density at radius 3 is 2.44 bits per heavy atom. The van der Waals surface area contributed by atoms with Gasteiger partial charge in [-0.3, -0.25) is 19.9 Å². The van der Waals surface area contributed by atoms with Crippen LogP contribution < -0.4 is 11.2 Å². The lowest BCUT2D eigenvalue weighted by atomic mass is 10.2. The maximum Gasteiger partial charge on any atom is 0.357 e. The number of furan rings is 1. The summed E-state index contributed by atoms with van der Waals surface area (Å²) in [6.07, 6.45) is 2.56. The Morgan fingerprint density at radius 2 is 1.76 bits per heavy atom. The summed E-state index contributed by atoms with van der Waals surface area (Å²) in [6.45, 7) is 0. The van der Waals surface area contributed by atoms with Gasteiger partial charge < -0.3 is 9.40 Å². The molecule has 0 atom stereocenters. The molecular formula is C16H10FN3O5. The van der Waals surface area contributed by atoms with E-state index in [0.717, 1.165) is 0 Å². The quantitative estimate of drug-likeness (QED) is 0.557. The van der Waals surface area contributed by atoms with Gasteiger partial charge in [0, 0.05) is 5.56 Å². The lowest BCUT2D eigenvalue weighted by Crippen LogP contribution is -2.25. The Labute approximate surface area is 138 Å². The molecule has 0 saturated carbocycles. The van der Waals surface area contributed by atoms with Gasteiger partial charge in [0.25, 0.3) is 0 Å². The predicted molar refractivity (Wildman–Crippen MR) is 87.4 cm³/mol. The number of halogens is 1. The molecule has 0 bridgehead atoms. The van der Waals surface area contributed by atoms with Crippen LogP contribution >= 0.6 is 0 Å². The first kappa shape index (κ1) is 16.1. The number of rotatable bonds is 4. The fourth-order valence-electron chi connectivity index (χ4n) is 2.18. The number of aromatic amines is 2. The van der Waals surface area contributed by atoms with E-state index in [9.17, 15) is 24.1 Å². The second-order valence-corrected chi connectivity index (χ2v) is 4.97. The zero-order valence-corrected chi connectivity index (χ0v) is 12.5. The summed E-state index contributed by atoms with van der Waals surface area (Å²) in [4.78, 5) is 36.9. The van der Waals surface area contributed by atoms with Crippen molar-refractivity contribution in [3.05, 3.63) is 84.6 Å². The highest BCUT2D eigenvalue weighted by atomic mass is 19.1. The van der Waals surface area contributed by atoms with Crippen molar-refractivity contribution in [1.29, 1.82) is 0 Å². The van der Waals surface area contributed by atoms with Crippen molar-refractivity contribution in [2.45, 2.75) is 0 Å². The van der Waals surface area contributed by atoms with E-state index in [2.05, 4.69) is 4.98 Å². The summed E-state index contributed by atoms with van der Waals surface area (Å²) in [5.74, 6) is 0.421. The van der Waals surface area contributed by atoms with Crippen LogP contribution in [0.1, 0.15) is 11.5 Å². The largest absolute Gasteiger partial charge is 0.457 e. The first-order valence-corrected chi connectivity index (χ1v) is 6.99. The molecule has 1 aromatic carbocycles. The third-order valence-corrected chi connectivity index (χ3v) is 3.30. The van der Waals surface area contributed by atoms with Gasteiger partial charge in [-0.2, -0.15) is 0 Å². The van der Waals surface area contributed by atoms with E-state index >= 15 is 0 Å². The molecule has 0 aliphatic heterocycles. The smallest absolute Gasteiger partial charge is 0.357 e. The summed E-state index contributed by atoms with van der Waals surface area (Å²) in [6, 6.07) is 8.89. The third kappa shape index (κ3) is 3.44. The van der Waals surface area contributed by atoms with E-state index in [-0.39, 0.29) is 11.5 Å². The molecule has 25 heavy (non-hydrogen) atoms. The fraction of sp³-hybridized carbons (Fsp3) is 0. The number of aromatic nitrogens is 2. The molecule has 2 heterocycles. The Bertz CT molecular complexity index is 1080. The SMILES string of the molecule is O=c1[nH]c(C=Cc2ccc(-c3ccc(F)cc3)o2)c([N+](=O)[O-])c(=O)[nH]1. The van der Waals surface area contributed by atoms with Gasteiger partial charge in [-0.1, -0.05) is 0 Å². The first-order chi connectivity index (χ1) is 11.9. The highest BCUT2D eigenvalue weighted by molar-refractivity contribution is 5.71. The van der Waals surface area contributed by atoms with Crippen LogP contribution in [0, 0.1) is 15.9 Å². The van der Waals surface area contributed by atoms with Gasteiger partial charge in [-0.25, -0.2) is 9.18 Å². The number of hydrogen-bond donors (Lipinski definition) is 2. The molecule has 0 spiro atoms. The lowest BCUT2D eigenvalue weighted by molar-refractivity contribution is -0.386. The molecule has 126 valence electrons. The second-order valence-electron chi connectivity index (χ2n) is 4.97. The summed E-state index contributed by atoms with van der Waals surface area (Å²) >= 11 is 0. The summed E-state index contributed by atoms with van der Waals surface area (Å²) < 4.78 is 18.5. The Kier molecular flexibility index (Phi) is 4.12. The normalized spacial score (nSPS) is 11.1. The molecule has 0 fully saturated rings. The maximum atomic E-state index is 12.9. The number of nitrogens with one attached hydrogen (secondary N) is 2. The highest BCUT2D eigenvalue weighted by Crippen LogP contribution is 2.23. The van der Waals surface area contributed by atoms with Crippen LogP contribution in [0.15, 0.2) is 50.4 Å². The van der Waals surface area contributed by atoms with Crippen LogP contribution in [0.3, 0.4) is 0 Å². The van der Waals surface area contributed by atoms with Gasteiger partial charge >= 0.3 is 16.9 Å². The van der Waals surface area contributed by atoms with Crippen molar-refractivity contribution in [3.63, 3.8) is 0 Å². The van der Waals surface area contributed by atoms with E-state index in [1.54, 1.807) is 29.2 Å². The van der Waals surface area contributed by atoms with Crippen molar-refractivity contribution in [2.75, 3.05) is 0 Å².